The van der Waals surface area contributed by atoms with E-state index in [0.717, 1.165) is 57.6 Å². The molecule has 0 aromatic rings. The second-order valence-corrected chi connectivity index (χ2v) is 4.27. The molecule has 0 bridgehead atoms. The highest BCUT2D eigenvalue weighted by molar-refractivity contribution is 5.56. The van der Waals surface area contributed by atoms with Gasteiger partial charge in [-0.3, -0.25) is 4.99 Å². The number of aliphatic imine (C=N–C) groups is 1. The molecule has 0 aliphatic carbocycles. The lowest BCUT2D eigenvalue weighted by Gasteiger charge is -1.88. The van der Waals surface area contributed by atoms with E-state index < -0.39 is 0 Å². The van der Waals surface area contributed by atoms with E-state index in [4.69, 9.17) is 4.79 Å². The lowest BCUT2D eigenvalue weighted by atomic mass is 10.2. The molecule has 0 unspecified atom stereocenters. The van der Waals surface area contributed by atoms with Crippen molar-refractivity contribution >= 4 is 25.6 Å². The normalized spacial score (nSPS) is 8.26. The van der Waals surface area contributed by atoms with Crippen LogP contribution in [-0.4, -0.2) is 32.1 Å². The van der Waals surface area contributed by atoms with Crippen LogP contribution in [0, 0.1) is 0 Å². The van der Waals surface area contributed by atoms with Crippen molar-refractivity contribution < 1.29 is 14.4 Å². The minimum Gasteiger partial charge on any atom is -0.307 e. The molecule has 0 amide bonds. The Morgan fingerprint density at radius 3 is 1.74 bits per heavy atom. The van der Waals surface area contributed by atoms with E-state index in [-0.39, 0.29) is 0 Å². The molecule has 0 spiro atoms. The molecule has 0 saturated heterocycles. The number of carbonyl (C=O) groups excluding carboxylic acids is 3. The van der Waals surface area contributed by atoms with Crippen molar-refractivity contribution in [3.8, 4) is 0 Å². The lowest BCUT2D eigenvalue weighted by molar-refractivity contribution is -0.108. The van der Waals surface area contributed by atoms with Crippen molar-refractivity contribution in [2.75, 3.05) is 6.54 Å². The summed E-state index contributed by atoms with van der Waals surface area (Å²) in [6.45, 7) is 14.0. The number of aldehydes is 2. The van der Waals surface area contributed by atoms with Crippen LogP contribution in [0.1, 0.15) is 65.2 Å². The van der Waals surface area contributed by atoms with Crippen molar-refractivity contribution in [3.05, 3.63) is 25.3 Å². The minimum atomic E-state index is 0.639. The summed E-state index contributed by atoms with van der Waals surface area (Å²) in [5.41, 5.74) is 0. The second kappa shape index (κ2) is 42.7. The predicted molar refractivity (Wildman–Crippen MR) is 101 cm³/mol. The smallest absolute Gasteiger partial charge is 0.119 e. The first kappa shape index (κ1) is 29.2. The summed E-state index contributed by atoms with van der Waals surface area (Å²) >= 11 is 0. The van der Waals surface area contributed by atoms with Crippen LogP contribution < -0.4 is 0 Å². The van der Waals surface area contributed by atoms with Crippen LogP contribution in [-0.2, 0) is 14.4 Å². The van der Waals surface area contributed by atoms with Gasteiger partial charge < -0.3 is 14.4 Å². The second-order valence-electron chi connectivity index (χ2n) is 4.27. The highest BCUT2D eigenvalue weighted by Gasteiger charge is 1.79. The van der Waals surface area contributed by atoms with Crippen LogP contribution in [0.3, 0.4) is 0 Å². The van der Waals surface area contributed by atoms with Gasteiger partial charge in [-0.15, -0.1) is 13.2 Å². The van der Waals surface area contributed by atoms with Gasteiger partial charge in [0.05, 0.1) is 0 Å². The topological polar surface area (TPSA) is 63.6 Å². The summed E-state index contributed by atoms with van der Waals surface area (Å²) in [6.07, 6.45) is 15.5. The van der Waals surface area contributed by atoms with E-state index >= 15 is 0 Å². The van der Waals surface area contributed by atoms with Gasteiger partial charge in [-0.1, -0.05) is 32.4 Å². The quantitative estimate of drug-likeness (QED) is 0.238. The molecule has 0 fully saturated rings. The maximum atomic E-state index is 9.56. The fourth-order valence-corrected chi connectivity index (χ4v) is 0.989. The third-order valence-electron chi connectivity index (χ3n) is 2.18. The first-order chi connectivity index (χ1) is 11.2. The molecule has 0 rings (SSSR count). The van der Waals surface area contributed by atoms with E-state index in [2.05, 4.69) is 25.1 Å². The molecule has 0 aliphatic rings. The Bertz CT molecular complexity index is 263. The highest BCUT2D eigenvalue weighted by atomic mass is 16.1. The molecule has 134 valence electrons. The fourth-order valence-electron chi connectivity index (χ4n) is 0.989. The van der Waals surface area contributed by atoms with Crippen LogP contribution in [0.5, 0.6) is 0 Å². The largest absolute Gasteiger partial charge is 0.307 e. The van der Waals surface area contributed by atoms with Gasteiger partial charge in [-0.05, 0) is 38.3 Å². The van der Waals surface area contributed by atoms with E-state index in [1.165, 1.54) is 6.42 Å². The number of carbonyl (C=O) groups is 3. The number of hydrogen-bond acceptors (Lipinski definition) is 4. The number of allylic oxidation sites excluding steroid dienone is 1. The zero-order valence-corrected chi connectivity index (χ0v) is 15.0. The van der Waals surface area contributed by atoms with Crippen LogP contribution in [0.4, 0.5) is 0 Å². The lowest BCUT2D eigenvalue weighted by Crippen LogP contribution is -1.80. The Morgan fingerprint density at radius 1 is 0.826 bits per heavy atom. The average molecular weight is 325 g/mol. The van der Waals surface area contributed by atoms with E-state index in [0.29, 0.717) is 6.42 Å². The fraction of sp³-hybridized carbons (Fsp3) is 0.579. The van der Waals surface area contributed by atoms with Crippen molar-refractivity contribution in [2.45, 2.75) is 65.2 Å². The molecule has 23 heavy (non-hydrogen) atoms. The first-order valence-corrected chi connectivity index (χ1v) is 8.11. The van der Waals surface area contributed by atoms with Gasteiger partial charge in [0, 0.05) is 19.4 Å². The summed E-state index contributed by atoms with van der Waals surface area (Å²) in [5, 5.41) is 0. The van der Waals surface area contributed by atoms with Crippen LogP contribution in [0.25, 0.3) is 0 Å². The molecule has 4 heteroatoms. The number of unbranched alkanes of at least 4 members (excludes halogenated alkanes) is 4. The third kappa shape index (κ3) is 64.4. The summed E-state index contributed by atoms with van der Waals surface area (Å²) < 4.78 is 0. The summed E-state index contributed by atoms with van der Waals surface area (Å²) in [5.74, 6) is 0. The van der Waals surface area contributed by atoms with Gasteiger partial charge in [-0.25, -0.2) is 0 Å². The molecule has 0 atom stereocenters. The number of nitrogens with zero attached hydrogens (tertiary/aromatic N) is 1. The minimum absolute atomic E-state index is 0.639. The monoisotopic (exact) mass is 325 g/mol. The molecule has 4 nitrogen and oxygen atoms in total. The molecule has 0 aromatic carbocycles. The Balaban J connectivity index is -0.000000127. The van der Waals surface area contributed by atoms with E-state index in [1.54, 1.807) is 0 Å². The molecule has 0 heterocycles. The number of rotatable bonds is 11. The van der Waals surface area contributed by atoms with E-state index in [1.807, 2.05) is 32.1 Å². The van der Waals surface area contributed by atoms with Gasteiger partial charge in [0.1, 0.15) is 19.4 Å². The Labute approximate surface area is 142 Å². The Kier molecular flexibility index (Phi) is 54.3. The zero-order valence-electron chi connectivity index (χ0n) is 15.0. The van der Waals surface area contributed by atoms with Crippen molar-refractivity contribution in [1.82, 2.24) is 0 Å². The molecule has 0 N–H and O–H groups in total. The summed E-state index contributed by atoms with van der Waals surface area (Å²) in [6, 6.07) is 0. The van der Waals surface area contributed by atoms with Gasteiger partial charge in [0.15, 0.2) is 0 Å². The predicted octanol–water partition coefficient (Wildman–Crippen LogP) is 4.78. The maximum Gasteiger partial charge on any atom is 0.119 e. The van der Waals surface area contributed by atoms with Crippen LogP contribution in [0.15, 0.2) is 30.3 Å². The standard InChI is InChI=1S/C10H17N.C5H10O.C3H6O.CH2O/c1-3-5-7-8-10-11-9-6-4-2;1-2-3-4-5-6;1-2-3-4;1-2/h3-4,10H,1-2,5-9H2;5H,2-4H2,1H3;3H,2H2,1H3;1H2. The molecular formula is C19H35NO3. The SMILES string of the molecule is C=CCCCC=NCCC=C.C=O.CCC=O.CCCCC=O. The van der Waals surface area contributed by atoms with Crippen LogP contribution in [0.2, 0.25) is 0 Å². The van der Waals surface area contributed by atoms with Gasteiger partial charge in [0.2, 0.25) is 0 Å². The average Bonchev–Trinajstić information content (AvgIpc) is 2.61. The molecular weight excluding hydrogens is 290 g/mol. The molecule has 0 radical (unpaired) electrons. The van der Waals surface area contributed by atoms with Gasteiger partial charge in [-0.2, -0.15) is 0 Å². The van der Waals surface area contributed by atoms with Gasteiger partial charge in [0.25, 0.3) is 0 Å². The van der Waals surface area contributed by atoms with Crippen molar-refractivity contribution in [2.24, 2.45) is 4.99 Å². The Hall–Kier alpha value is -1.84. The number of hydrogen-bond donors (Lipinski definition) is 0. The van der Waals surface area contributed by atoms with Crippen LogP contribution >= 0.6 is 0 Å². The van der Waals surface area contributed by atoms with E-state index in [9.17, 15) is 9.59 Å². The summed E-state index contributed by atoms with van der Waals surface area (Å²) in [4.78, 5) is 30.9. The van der Waals surface area contributed by atoms with Crippen molar-refractivity contribution in [3.63, 3.8) is 0 Å². The third-order valence-corrected chi connectivity index (χ3v) is 2.18. The molecule has 0 saturated carbocycles. The molecule has 0 aromatic heterocycles. The van der Waals surface area contributed by atoms with Gasteiger partial charge >= 0.3 is 0 Å². The zero-order chi connectivity index (χ0) is 18.6. The maximum absolute atomic E-state index is 9.56. The first-order valence-electron chi connectivity index (χ1n) is 8.11. The van der Waals surface area contributed by atoms with Crippen molar-refractivity contribution in [1.29, 1.82) is 0 Å². The summed E-state index contributed by atoms with van der Waals surface area (Å²) in [7, 11) is 0. The highest BCUT2D eigenvalue weighted by Crippen LogP contribution is 1.92. The Morgan fingerprint density at radius 2 is 1.39 bits per heavy atom. The molecule has 0 aliphatic heterocycles.